The van der Waals surface area contributed by atoms with E-state index >= 15 is 0 Å². The quantitative estimate of drug-likeness (QED) is 0.627. The molecule has 0 bridgehead atoms. The molecule has 0 saturated carbocycles. The highest BCUT2D eigenvalue weighted by molar-refractivity contribution is 6.66. The molecule has 3 rings (SSSR count). The van der Waals surface area contributed by atoms with Gasteiger partial charge in [-0.1, -0.05) is 17.7 Å². The van der Waals surface area contributed by atoms with Crippen LogP contribution in [0.1, 0.15) is 27.7 Å². The van der Waals surface area contributed by atoms with E-state index in [2.05, 4.69) is 9.84 Å². The van der Waals surface area contributed by atoms with Crippen molar-refractivity contribution in [1.82, 2.24) is 9.78 Å². The number of rotatable bonds is 3. The Morgan fingerprint density at radius 3 is 2.50 bits per heavy atom. The van der Waals surface area contributed by atoms with Gasteiger partial charge in [0.1, 0.15) is 6.54 Å². The van der Waals surface area contributed by atoms with Gasteiger partial charge in [0.15, 0.2) is 0 Å². The SMILES string of the molecule is COC(=O)Cn1cc2c(Cl)c(B3OC(C)(C)C(C)(C)O3)ccc2n1. The Labute approximate surface area is 146 Å². The lowest BCUT2D eigenvalue weighted by Crippen LogP contribution is -2.41. The number of benzene rings is 1. The van der Waals surface area contributed by atoms with Crippen LogP contribution in [-0.2, 0) is 25.4 Å². The molecule has 1 saturated heterocycles. The molecule has 0 spiro atoms. The molecule has 1 aliphatic rings. The summed E-state index contributed by atoms with van der Waals surface area (Å²) in [4.78, 5) is 11.4. The van der Waals surface area contributed by atoms with E-state index in [-0.39, 0.29) is 12.5 Å². The molecular weight excluding hydrogens is 330 g/mol. The van der Waals surface area contributed by atoms with E-state index < -0.39 is 18.3 Å². The molecule has 128 valence electrons. The summed E-state index contributed by atoms with van der Waals surface area (Å²) in [5, 5.41) is 5.60. The fourth-order valence-electron chi connectivity index (χ4n) is 2.56. The molecule has 2 aromatic rings. The average Bonchev–Trinajstić information content (AvgIpc) is 2.98. The number of fused-ring (bicyclic) bond motifs is 1. The molecule has 1 aromatic carbocycles. The highest BCUT2D eigenvalue weighted by Gasteiger charge is 2.52. The molecule has 1 fully saturated rings. The first-order chi connectivity index (χ1) is 11.1. The summed E-state index contributed by atoms with van der Waals surface area (Å²) in [6.07, 6.45) is 1.73. The van der Waals surface area contributed by atoms with E-state index in [4.69, 9.17) is 20.9 Å². The van der Waals surface area contributed by atoms with Crippen molar-refractivity contribution < 1.29 is 18.8 Å². The Bertz CT molecular complexity index is 787. The monoisotopic (exact) mass is 350 g/mol. The number of carbonyl (C=O) groups is 1. The average molecular weight is 351 g/mol. The van der Waals surface area contributed by atoms with Crippen LogP contribution in [0, 0.1) is 0 Å². The third kappa shape index (κ3) is 2.81. The molecule has 8 heteroatoms. The number of esters is 1. The van der Waals surface area contributed by atoms with Crippen molar-refractivity contribution >= 4 is 41.1 Å². The largest absolute Gasteiger partial charge is 0.496 e. The number of ether oxygens (including phenoxy) is 1. The maximum Gasteiger partial charge on any atom is 0.496 e. The van der Waals surface area contributed by atoms with Gasteiger partial charge in [-0.2, -0.15) is 5.10 Å². The van der Waals surface area contributed by atoms with Gasteiger partial charge in [-0.05, 0) is 33.8 Å². The van der Waals surface area contributed by atoms with Crippen LogP contribution in [0.2, 0.25) is 5.02 Å². The minimum absolute atomic E-state index is 0.0351. The van der Waals surface area contributed by atoms with Gasteiger partial charge in [0.25, 0.3) is 0 Å². The van der Waals surface area contributed by atoms with Crippen molar-refractivity contribution in [2.75, 3.05) is 7.11 Å². The van der Waals surface area contributed by atoms with Gasteiger partial charge in [-0.3, -0.25) is 9.48 Å². The fraction of sp³-hybridized carbons (Fsp3) is 0.500. The Morgan fingerprint density at radius 1 is 1.29 bits per heavy atom. The minimum atomic E-state index is -0.546. The van der Waals surface area contributed by atoms with Gasteiger partial charge in [0.05, 0.1) is 28.9 Å². The highest BCUT2D eigenvalue weighted by Crippen LogP contribution is 2.37. The van der Waals surface area contributed by atoms with E-state index in [0.717, 1.165) is 10.8 Å². The van der Waals surface area contributed by atoms with Crippen molar-refractivity contribution in [2.24, 2.45) is 0 Å². The molecule has 0 atom stereocenters. The maximum atomic E-state index is 11.4. The van der Waals surface area contributed by atoms with Crippen LogP contribution in [-0.4, -0.2) is 41.2 Å². The number of aromatic nitrogens is 2. The summed E-state index contributed by atoms with van der Waals surface area (Å²) in [6.45, 7) is 8.01. The number of hydrogen-bond donors (Lipinski definition) is 0. The smallest absolute Gasteiger partial charge is 0.468 e. The summed E-state index contributed by atoms with van der Waals surface area (Å²) in [7, 11) is 0.797. The Hall–Kier alpha value is -1.57. The van der Waals surface area contributed by atoms with Crippen LogP contribution < -0.4 is 5.46 Å². The molecular formula is C16H20BClN2O4. The summed E-state index contributed by atoms with van der Waals surface area (Å²) in [5.41, 5.74) is 0.570. The van der Waals surface area contributed by atoms with Gasteiger partial charge in [-0.25, -0.2) is 0 Å². The number of methoxy groups -OCH3 is 1. The predicted octanol–water partition coefficient (Wildman–Crippen LogP) is 2.16. The van der Waals surface area contributed by atoms with Crippen molar-refractivity contribution in [3.63, 3.8) is 0 Å². The molecule has 1 aromatic heterocycles. The summed E-state index contributed by atoms with van der Waals surface area (Å²) in [6, 6.07) is 3.69. The second-order valence-electron chi connectivity index (χ2n) is 6.89. The van der Waals surface area contributed by atoms with Crippen molar-refractivity contribution in [3.8, 4) is 0 Å². The molecule has 0 amide bonds. The topological polar surface area (TPSA) is 62.6 Å². The lowest BCUT2D eigenvalue weighted by molar-refractivity contribution is -0.141. The van der Waals surface area contributed by atoms with Crippen molar-refractivity contribution in [1.29, 1.82) is 0 Å². The molecule has 2 heterocycles. The lowest BCUT2D eigenvalue weighted by Gasteiger charge is -2.32. The Kier molecular flexibility index (Phi) is 4.14. The normalized spacial score (nSPS) is 19.0. The molecule has 1 aliphatic heterocycles. The predicted molar refractivity (Wildman–Crippen MR) is 92.5 cm³/mol. The standard InChI is InChI=1S/C16H20BClN2O4/c1-15(2)16(3,4)24-17(23-15)11-6-7-12-10(14(11)18)8-20(19-12)9-13(21)22-5/h6-8H,9H2,1-5H3. The molecule has 0 unspecified atom stereocenters. The van der Waals surface area contributed by atoms with Gasteiger partial charge < -0.3 is 14.0 Å². The van der Waals surface area contributed by atoms with E-state index in [9.17, 15) is 4.79 Å². The Morgan fingerprint density at radius 2 is 1.92 bits per heavy atom. The highest BCUT2D eigenvalue weighted by atomic mass is 35.5. The molecule has 6 nitrogen and oxygen atoms in total. The van der Waals surface area contributed by atoms with E-state index in [1.807, 2.05) is 39.8 Å². The zero-order chi connectivity index (χ0) is 17.7. The number of carbonyl (C=O) groups excluding carboxylic acids is 1. The molecule has 0 N–H and O–H groups in total. The van der Waals surface area contributed by atoms with Crippen LogP contribution in [0.3, 0.4) is 0 Å². The number of hydrogen-bond acceptors (Lipinski definition) is 5. The first kappa shape index (κ1) is 17.3. The van der Waals surface area contributed by atoms with Crippen molar-refractivity contribution in [3.05, 3.63) is 23.4 Å². The molecule has 0 radical (unpaired) electrons. The van der Waals surface area contributed by atoms with Crippen LogP contribution >= 0.6 is 11.6 Å². The molecule has 24 heavy (non-hydrogen) atoms. The molecule has 0 aliphatic carbocycles. The number of halogens is 1. The third-order valence-electron chi connectivity index (χ3n) is 4.73. The van der Waals surface area contributed by atoms with E-state index in [1.165, 1.54) is 11.8 Å². The summed E-state index contributed by atoms with van der Waals surface area (Å²) < 4.78 is 18.3. The zero-order valence-corrected chi connectivity index (χ0v) is 15.2. The fourth-order valence-corrected chi connectivity index (χ4v) is 2.85. The van der Waals surface area contributed by atoms with E-state index in [0.29, 0.717) is 10.5 Å². The van der Waals surface area contributed by atoms with Gasteiger partial charge in [-0.15, -0.1) is 0 Å². The third-order valence-corrected chi connectivity index (χ3v) is 5.15. The Balaban J connectivity index is 1.96. The van der Waals surface area contributed by atoms with Crippen LogP contribution in [0.25, 0.3) is 10.9 Å². The zero-order valence-electron chi connectivity index (χ0n) is 14.4. The maximum absolute atomic E-state index is 11.4. The van der Waals surface area contributed by atoms with Gasteiger partial charge in [0.2, 0.25) is 0 Å². The van der Waals surface area contributed by atoms with Gasteiger partial charge >= 0.3 is 13.1 Å². The van der Waals surface area contributed by atoms with Gasteiger partial charge in [0, 0.05) is 17.0 Å². The van der Waals surface area contributed by atoms with Crippen molar-refractivity contribution in [2.45, 2.75) is 45.4 Å². The first-order valence-corrected chi connectivity index (χ1v) is 8.10. The minimum Gasteiger partial charge on any atom is -0.468 e. The summed E-state index contributed by atoms with van der Waals surface area (Å²) in [5.74, 6) is -0.370. The first-order valence-electron chi connectivity index (χ1n) is 7.72. The number of nitrogens with zero attached hydrogens (tertiary/aromatic N) is 2. The lowest BCUT2D eigenvalue weighted by atomic mass is 9.78. The summed E-state index contributed by atoms with van der Waals surface area (Å²) >= 11 is 6.56. The van der Waals surface area contributed by atoms with Crippen LogP contribution in [0.4, 0.5) is 0 Å². The second kappa shape index (κ2) is 5.76. The van der Waals surface area contributed by atoms with Crippen LogP contribution in [0.15, 0.2) is 18.3 Å². The second-order valence-corrected chi connectivity index (χ2v) is 7.27. The van der Waals surface area contributed by atoms with E-state index in [1.54, 1.807) is 6.20 Å². The van der Waals surface area contributed by atoms with Crippen LogP contribution in [0.5, 0.6) is 0 Å².